The zero-order chi connectivity index (χ0) is 24.4. The predicted octanol–water partition coefficient (Wildman–Crippen LogP) is 3.37. The first-order valence-electron chi connectivity index (χ1n) is 11.9. The van der Waals surface area contributed by atoms with Gasteiger partial charge in [-0.3, -0.25) is 9.59 Å². The number of amides is 2. The molecule has 1 fully saturated rings. The molecule has 2 aromatic rings. The first-order chi connectivity index (χ1) is 16.3. The van der Waals surface area contributed by atoms with E-state index in [1.165, 1.54) is 12.1 Å². The first kappa shape index (κ1) is 24.1. The third-order valence-electron chi connectivity index (χ3n) is 6.98. The van der Waals surface area contributed by atoms with Gasteiger partial charge in [0, 0.05) is 37.2 Å². The summed E-state index contributed by atoms with van der Waals surface area (Å²) < 4.78 is 19.7. The Hall–Kier alpha value is -3.00. The number of carbonyl (C=O) groups excluding carboxylic acids is 2. The maximum absolute atomic E-state index is 13.5. The van der Waals surface area contributed by atoms with Gasteiger partial charge in [0.15, 0.2) is 0 Å². The van der Waals surface area contributed by atoms with Crippen LogP contribution < -0.4 is 4.74 Å². The van der Waals surface area contributed by atoms with Gasteiger partial charge in [0.05, 0.1) is 19.2 Å². The smallest absolute Gasteiger partial charge is 0.259 e. The molecule has 8 heteroatoms. The highest BCUT2D eigenvalue weighted by atomic mass is 19.1. The zero-order valence-electron chi connectivity index (χ0n) is 19.9. The van der Waals surface area contributed by atoms with E-state index >= 15 is 0 Å². The van der Waals surface area contributed by atoms with Crippen LogP contribution in [0, 0.1) is 17.7 Å². The summed E-state index contributed by atoms with van der Waals surface area (Å²) in [4.78, 5) is 34.1. The zero-order valence-corrected chi connectivity index (χ0v) is 19.9. The van der Waals surface area contributed by atoms with Crippen LogP contribution in [0.1, 0.15) is 43.5 Å². The topological polar surface area (TPSA) is 83.0 Å². The minimum absolute atomic E-state index is 0.0880. The number of pyridine rings is 1. The van der Waals surface area contributed by atoms with E-state index in [4.69, 9.17) is 4.74 Å². The predicted molar refractivity (Wildman–Crippen MR) is 126 cm³/mol. The minimum Gasteiger partial charge on any atom is -0.472 e. The number of aliphatic hydroxyl groups excluding tert-OH is 1. The van der Waals surface area contributed by atoms with Gasteiger partial charge < -0.3 is 19.6 Å². The first-order valence-corrected chi connectivity index (χ1v) is 11.9. The van der Waals surface area contributed by atoms with Crippen molar-refractivity contribution in [3.63, 3.8) is 0 Å². The monoisotopic (exact) mass is 469 g/mol. The Morgan fingerprint density at radius 3 is 2.62 bits per heavy atom. The Kier molecular flexibility index (Phi) is 7.16. The molecule has 3 atom stereocenters. The van der Waals surface area contributed by atoms with Crippen LogP contribution in [0.2, 0.25) is 0 Å². The minimum atomic E-state index is -0.398. The number of aliphatic hydroxyl groups is 1. The molecule has 0 radical (unpaired) electrons. The van der Waals surface area contributed by atoms with E-state index in [0.717, 1.165) is 24.8 Å². The van der Waals surface area contributed by atoms with Crippen LogP contribution in [0.15, 0.2) is 36.5 Å². The van der Waals surface area contributed by atoms with Gasteiger partial charge in [0.25, 0.3) is 5.91 Å². The fraction of sp³-hybridized carbons (Fsp3) is 0.500. The summed E-state index contributed by atoms with van der Waals surface area (Å²) >= 11 is 0. The maximum Gasteiger partial charge on any atom is 0.259 e. The van der Waals surface area contributed by atoms with Gasteiger partial charge in [-0.15, -0.1) is 0 Å². The third-order valence-corrected chi connectivity index (χ3v) is 6.98. The number of ether oxygens (including phenoxy) is 1. The molecule has 1 saturated carbocycles. The Balaban J connectivity index is 1.67. The molecule has 0 saturated heterocycles. The van der Waals surface area contributed by atoms with E-state index in [2.05, 4.69) is 4.98 Å². The van der Waals surface area contributed by atoms with Crippen molar-refractivity contribution in [2.24, 2.45) is 11.8 Å². The molecule has 2 amide bonds. The van der Waals surface area contributed by atoms with Gasteiger partial charge in [-0.2, -0.15) is 0 Å². The van der Waals surface area contributed by atoms with Crippen molar-refractivity contribution in [3.05, 3.63) is 47.9 Å². The van der Waals surface area contributed by atoms with Gasteiger partial charge in [-0.1, -0.05) is 25.5 Å². The van der Waals surface area contributed by atoms with Crippen molar-refractivity contribution in [1.82, 2.24) is 14.8 Å². The number of rotatable bonds is 6. The fourth-order valence-electron chi connectivity index (χ4n) is 4.45. The number of aromatic nitrogens is 1. The molecule has 1 aliphatic heterocycles. The van der Waals surface area contributed by atoms with E-state index in [-0.39, 0.29) is 53.6 Å². The number of hydrogen-bond acceptors (Lipinski definition) is 5. The highest BCUT2D eigenvalue weighted by Crippen LogP contribution is 2.31. The van der Waals surface area contributed by atoms with Gasteiger partial charge >= 0.3 is 0 Å². The van der Waals surface area contributed by atoms with E-state index in [1.807, 2.05) is 6.92 Å². The maximum atomic E-state index is 13.5. The summed E-state index contributed by atoms with van der Waals surface area (Å²) in [6.45, 7) is 4.36. The lowest BCUT2D eigenvalue weighted by Gasteiger charge is -2.38. The van der Waals surface area contributed by atoms with Crippen molar-refractivity contribution in [1.29, 1.82) is 0 Å². The van der Waals surface area contributed by atoms with Gasteiger partial charge in [0.1, 0.15) is 17.5 Å². The van der Waals surface area contributed by atoms with Crippen LogP contribution in [-0.4, -0.2) is 70.6 Å². The lowest BCUT2D eigenvalue weighted by atomic mass is 9.84. The molecule has 0 bridgehead atoms. The third kappa shape index (κ3) is 4.92. The molecule has 1 aromatic carbocycles. The standard InChI is InChI=1S/C26H32FN3O4/c1-16-13-30(17(2)15-31)26(33)22-11-20(18-7-9-21(27)10-8-18)12-28-24(22)34-23(16)14-29(3)25(32)19-5-4-6-19/h7-12,16-17,19,23,31H,4-6,13-15H2,1-3H3/t16-,17+,23+/m0/s1. The summed E-state index contributed by atoms with van der Waals surface area (Å²) in [5.74, 6) is -0.307. The average molecular weight is 470 g/mol. The number of halogens is 1. The number of nitrogens with zero attached hydrogens (tertiary/aromatic N) is 3. The van der Waals surface area contributed by atoms with E-state index in [1.54, 1.807) is 48.2 Å². The quantitative estimate of drug-likeness (QED) is 0.702. The van der Waals surface area contributed by atoms with Crippen molar-refractivity contribution in [2.45, 2.75) is 45.3 Å². The molecule has 1 aromatic heterocycles. The number of benzene rings is 1. The number of likely N-dealkylation sites (N-methyl/N-ethyl adjacent to an activating group) is 1. The molecule has 0 spiro atoms. The molecule has 4 rings (SSSR count). The van der Waals surface area contributed by atoms with E-state index < -0.39 is 6.04 Å². The van der Waals surface area contributed by atoms with Crippen LogP contribution in [0.5, 0.6) is 5.88 Å². The number of hydrogen-bond donors (Lipinski definition) is 1. The molecule has 0 unspecified atom stereocenters. The van der Waals surface area contributed by atoms with E-state index in [0.29, 0.717) is 18.7 Å². The highest BCUT2D eigenvalue weighted by molar-refractivity contribution is 5.98. The van der Waals surface area contributed by atoms with Crippen molar-refractivity contribution >= 4 is 11.8 Å². The van der Waals surface area contributed by atoms with Crippen LogP contribution >= 0.6 is 0 Å². The van der Waals surface area contributed by atoms with Crippen molar-refractivity contribution in [2.75, 3.05) is 26.7 Å². The molecular weight excluding hydrogens is 437 g/mol. The van der Waals surface area contributed by atoms with E-state index in [9.17, 15) is 19.1 Å². The lowest BCUT2D eigenvalue weighted by molar-refractivity contribution is -0.138. The van der Waals surface area contributed by atoms with Crippen LogP contribution in [0.4, 0.5) is 4.39 Å². The fourth-order valence-corrected chi connectivity index (χ4v) is 4.45. The second-order valence-electron chi connectivity index (χ2n) is 9.55. The Labute approximate surface area is 199 Å². The summed E-state index contributed by atoms with van der Waals surface area (Å²) in [5.41, 5.74) is 1.67. The van der Waals surface area contributed by atoms with Crippen molar-refractivity contribution < 1.29 is 23.8 Å². The Morgan fingerprint density at radius 1 is 1.29 bits per heavy atom. The summed E-state index contributed by atoms with van der Waals surface area (Å²) in [5, 5.41) is 9.81. The van der Waals surface area contributed by atoms with Crippen molar-refractivity contribution in [3.8, 4) is 17.0 Å². The van der Waals surface area contributed by atoms with Gasteiger partial charge in [-0.05, 0) is 43.5 Å². The summed E-state index contributed by atoms with van der Waals surface area (Å²) in [6.07, 6.45) is 4.17. The lowest BCUT2D eigenvalue weighted by Crippen LogP contribution is -2.51. The average Bonchev–Trinajstić information content (AvgIpc) is 2.79. The molecular formula is C26H32FN3O4. The second kappa shape index (κ2) is 10.1. The molecule has 1 N–H and O–H groups in total. The van der Waals surface area contributed by atoms with Crippen LogP contribution in [-0.2, 0) is 4.79 Å². The summed E-state index contributed by atoms with van der Waals surface area (Å²) in [7, 11) is 1.79. The molecule has 34 heavy (non-hydrogen) atoms. The molecule has 182 valence electrons. The molecule has 2 aliphatic rings. The molecule has 1 aliphatic carbocycles. The molecule has 7 nitrogen and oxygen atoms in total. The summed E-state index contributed by atoms with van der Waals surface area (Å²) in [6, 6.07) is 7.28. The van der Waals surface area contributed by atoms with Gasteiger partial charge in [0.2, 0.25) is 11.8 Å². The number of carbonyl (C=O) groups is 2. The van der Waals surface area contributed by atoms with Crippen LogP contribution in [0.25, 0.3) is 11.1 Å². The highest BCUT2D eigenvalue weighted by Gasteiger charge is 2.36. The molecule has 2 heterocycles. The Morgan fingerprint density at radius 2 is 2.00 bits per heavy atom. The normalized spacial score (nSPS) is 21.6. The largest absolute Gasteiger partial charge is 0.472 e. The van der Waals surface area contributed by atoms with Crippen LogP contribution in [0.3, 0.4) is 0 Å². The van der Waals surface area contributed by atoms with Gasteiger partial charge in [-0.25, -0.2) is 9.37 Å². The second-order valence-corrected chi connectivity index (χ2v) is 9.55. The Bertz CT molecular complexity index is 1040. The number of fused-ring (bicyclic) bond motifs is 1. The SMILES string of the molecule is C[C@H](CO)N1C[C@H](C)[C@@H](CN(C)C(=O)C2CCC2)Oc2ncc(-c3ccc(F)cc3)cc2C1=O.